The molecule has 0 unspecified atom stereocenters. The first kappa shape index (κ1) is 14.4. The molecule has 0 amide bonds. The maximum atomic E-state index is 4.52. The van der Waals surface area contributed by atoms with Gasteiger partial charge >= 0.3 is 0 Å². The molecule has 20 heavy (non-hydrogen) atoms. The number of rotatable bonds is 2. The fourth-order valence-corrected chi connectivity index (χ4v) is 4.99. The third-order valence-corrected chi connectivity index (χ3v) is 5.84. The largest absolute Gasteiger partial charge is 0.291 e. The van der Waals surface area contributed by atoms with E-state index in [0.717, 1.165) is 23.7 Å². The standard InChI is InChI=1S/C15H26N4S/c1-15(2,3)19-14(16-11-17-19)10-18-8-9-20-13-7-5-4-6-12(13)18/h11-13H,4-10H2,1-3H3/t12-,13-/m1/s1. The molecule has 112 valence electrons. The fraction of sp³-hybridized carbons (Fsp3) is 0.867. The van der Waals surface area contributed by atoms with E-state index >= 15 is 0 Å². The van der Waals surface area contributed by atoms with Crippen molar-refractivity contribution in [3.63, 3.8) is 0 Å². The second-order valence-corrected chi connectivity index (χ2v) is 8.34. The first-order valence-corrected chi connectivity index (χ1v) is 8.85. The Morgan fingerprint density at radius 2 is 2.10 bits per heavy atom. The number of fused-ring (bicyclic) bond motifs is 1. The van der Waals surface area contributed by atoms with E-state index in [9.17, 15) is 0 Å². The average Bonchev–Trinajstić information content (AvgIpc) is 2.87. The number of hydrogen-bond donors (Lipinski definition) is 0. The van der Waals surface area contributed by atoms with Crippen LogP contribution in [0.25, 0.3) is 0 Å². The molecule has 0 bridgehead atoms. The van der Waals surface area contributed by atoms with E-state index in [1.165, 1.54) is 38.0 Å². The zero-order chi connectivity index (χ0) is 14.2. The van der Waals surface area contributed by atoms with Crippen molar-refractivity contribution >= 4 is 11.8 Å². The number of thioether (sulfide) groups is 1. The van der Waals surface area contributed by atoms with Gasteiger partial charge in [0.2, 0.25) is 0 Å². The van der Waals surface area contributed by atoms with E-state index in [1.54, 1.807) is 6.33 Å². The maximum Gasteiger partial charge on any atom is 0.141 e. The minimum Gasteiger partial charge on any atom is -0.291 e. The van der Waals surface area contributed by atoms with Crippen LogP contribution in [-0.2, 0) is 12.1 Å². The summed E-state index contributed by atoms with van der Waals surface area (Å²) >= 11 is 2.19. The molecule has 1 aromatic rings. The van der Waals surface area contributed by atoms with Crippen molar-refractivity contribution in [3.05, 3.63) is 12.2 Å². The van der Waals surface area contributed by atoms with Crippen LogP contribution in [0, 0.1) is 0 Å². The van der Waals surface area contributed by atoms with Crippen LogP contribution < -0.4 is 0 Å². The summed E-state index contributed by atoms with van der Waals surface area (Å²) in [6.45, 7) is 8.74. The lowest BCUT2D eigenvalue weighted by molar-refractivity contribution is 0.146. The first-order chi connectivity index (χ1) is 9.55. The summed E-state index contributed by atoms with van der Waals surface area (Å²) in [5.41, 5.74) is 0.0162. The van der Waals surface area contributed by atoms with Gasteiger partial charge in [-0.3, -0.25) is 4.90 Å². The molecule has 2 atom stereocenters. The van der Waals surface area contributed by atoms with E-state index < -0.39 is 0 Å². The fourth-order valence-electron chi connectivity index (χ4n) is 3.49. The van der Waals surface area contributed by atoms with Crippen LogP contribution in [0.3, 0.4) is 0 Å². The van der Waals surface area contributed by atoms with Crippen LogP contribution >= 0.6 is 11.8 Å². The number of hydrogen-bond acceptors (Lipinski definition) is 4. The van der Waals surface area contributed by atoms with Gasteiger partial charge in [0.25, 0.3) is 0 Å². The highest BCUT2D eigenvalue weighted by molar-refractivity contribution is 8.00. The van der Waals surface area contributed by atoms with E-state index in [-0.39, 0.29) is 5.54 Å². The molecule has 5 heteroatoms. The molecule has 1 aliphatic heterocycles. The van der Waals surface area contributed by atoms with Crippen LogP contribution in [0.15, 0.2) is 6.33 Å². The van der Waals surface area contributed by atoms with Crippen molar-refractivity contribution in [2.75, 3.05) is 12.3 Å². The summed E-state index contributed by atoms with van der Waals surface area (Å²) < 4.78 is 2.09. The minimum absolute atomic E-state index is 0.0162. The normalized spacial score (nSPS) is 28.4. The Bertz CT molecular complexity index is 449. The summed E-state index contributed by atoms with van der Waals surface area (Å²) in [4.78, 5) is 7.18. The average molecular weight is 294 g/mol. The van der Waals surface area contributed by atoms with Crippen LogP contribution in [0.4, 0.5) is 0 Å². The molecule has 1 saturated carbocycles. The van der Waals surface area contributed by atoms with Crippen molar-refractivity contribution in [3.8, 4) is 0 Å². The molecule has 0 radical (unpaired) electrons. The van der Waals surface area contributed by atoms with Crippen LogP contribution in [0.1, 0.15) is 52.3 Å². The molecule has 2 heterocycles. The number of aromatic nitrogens is 3. The summed E-state index contributed by atoms with van der Waals surface area (Å²) in [6, 6.07) is 0.757. The highest BCUT2D eigenvalue weighted by atomic mass is 32.2. The van der Waals surface area contributed by atoms with E-state index in [1.807, 2.05) is 0 Å². The van der Waals surface area contributed by atoms with Crippen LogP contribution in [-0.4, -0.2) is 43.3 Å². The maximum absolute atomic E-state index is 4.52. The quantitative estimate of drug-likeness (QED) is 0.840. The lowest BCUT2D eigenvalue weighted by atomic mass is 9.93. The third-order valence-electron chi connectivity index (χ3n) is 4.45. The Morgan fingerprint density at radius 3 is 2.90 bits per heavy atom. The molecule has 1 aromatic heterocycles. The number of nitrogens with zero attached hydrogens (tertiary/aromatic N) is 4. The van der Waals surface area contributed by atoms with Gasteiger partial charge in [0.15, 0.2) is 0 Å². The van der Waals surface area contributed by atoms with E-state index in [4.69, 9.17) is 0 Å². The molecule has 1 aliphatic carbocycles. The Kier molecular flexibility index (Phi) is 4.09. The van der Waals surface area contributed by atoms with Crippen molar-refractivity contribution in [1.29, 1.82) is 0 Å². The zero-order valence-electron chi connectivity index (χ0n) is 12.9. The summed E-state index contributed by atoms with van der Waals surface area (Å²) in [6.07, 6.45) is 7.28. The lowest BCUT2D eigenvalue weighted by Crippen LogP contribution is -2.49. The molecule has 2 aliphatic rings. The molecule has 0 aromatic carbocycles. The summed E-state index contributed by atoms with van der Waals surface area (Å²) in [7, 11) is 0. The van der Waals surface area contributed by atoms with Crippen molar-refractivity contribution in [2.24, 2.45) is 0 Å². The SMILES string of the molecule is CC(C)(C)n1ncnc1CN1CCS[C@@H]2CCCC[C@H]21. The molecular formula is C15H26N4S. The molecular weight excluding hydrogens is 268 g/mol. The molecule has 1 saturated heterocycles. The summed E-state index contributed by atoms with van der Waals surface area (Å²) in [5, 5.41) is 5.28. The van der Waals surface area contributed by atoms with Gasteiger partial charge in [-0.2, -0.15) is 16.9 Å². The van der Waals surface area contributed by atoms with Gasteiger partial charge in [0.1, 0.15) is 12.2 Å². The van der Waals surface area contributed by atoms with Gasteiger partial charge in [-0.25, -0.2) is 9.67 Å². The Labute approximate surface area is 126 Å². The first-order valence-electron chi connectivity index (χ1n) is 7.81. The molecule has 0 N–H and O–H groups in total. The van der Waals surface area contributed by atoms with Crippen LogP contribution in [0.5, 0.6) is 0 Å². The van der Waals surface area contributed by atoms with Crippen molar-refractivity contribution in [1.82, 2.24) is 19.7 Å². The van der Waals surface area contributed by atoms with Gasteiger partial charge in [0.05, 0.1) is 12.1 Å². The third kappa shape index (κ3) is 2.89. The topological polar surface area (TPSA) is 34.0 Å². The van der Waals surface area contributed by atoms with Gasteiger partial charge in [-0.1, -0.05) is 12.8 Å². The second kappa shape index (κ2) is 5.68. The predicted octanol–water partition coefficient (Wildman–Crippen LogP) is 2.89. The zero-order valence-corrected chi connectivity index (χ0v) is 13.7. The monoisotopic (exact) mass is 294 g/mol. The molecule has 3 rings (SSSR count). The predicted molar refractivity (Wildman–Crippen MR) is 83.9 cm³/mol. The lowest BCUT2D eigenvalue weighted by Gasteiger charge is -2.43. The second-order valence-electron chi connectivity index (χ2n) is 6.99. The molecule has 2 fully saturated rings. The van der Waals surface area contributed by atoms with E-state index in [2.05, 4.69) is 52.2 Å². The smallest absolute Gasteiger partial charge is 0.141 e. The van der Waals surface area contributed by atoms with Crippen LogP contribution in [0.2, 0.25) is 0 Å². The van der Waals surface area contributed by atoms with Gasteiger partial charge in [-0.15, -0.1) is 0 Å². The van der Waals surface area contributed by atoms with Gasteiger partial charge < -0.3 is 0 Å². The minimum atomic E-state index is 0.0162. The van der Waals surface area contributed by atoms with Gasteiger partial charge in [0, 0.05) is 23.6 Å². The summed E-state index contributed by atoms with van der Waals surface area (Å²) in [5.74, 6) is 2.39. The highest BCUT2D eigenvalue weighted by Gasteiger charge is 2.34. The Morgan fingerprint density at radius 1 is 1.30 bits per heavy atom. The van der Waals surface area contributed by atoms with Crippen molar-refractivity contribution < 1.29 is 0 Å². The Balaban J connectivity index is 1.75. The molecule has 4 nitrogen and oxygen atoms in total. The Hall–Kier alpha value is -0.550. The van der Waals surface area contributed by atoms with Crippen molar-refractivity contribution in [2.45, 2.75) is 69.8 Å². The molecule has 0 spiro atoms. The van der Waals surface area contributed by atoms with Gasteiger partial charge in [-0.05, 0) is 33.6 Å². The highest BCUT2D eigenvalue weighted by Crippen LogP contribution is 2.36. The van der Waals surface area contributed by atoms with E-state index in [0.29, 0.717) is 0 Å².